The van der Waals surface area contributed by atoms with Crippen LogP contribution in [0.1, 0.15) is 12.8 Å². The summed E-state index contributed by atoms with van der Waals surface area (Å²) in [5.74, 6) is 0. The number of halogens is 2. The summed E-state index contributed by atoms with van der Waals surface area (Å²) in [4.78, 5) is 0. The molecule has 14 heavy (non-hydrogen) atoms. The molecule has 0 radical (unpaired) electrons. The van der Waals surface area contributed by atoms with Crippen LogP contribution < -0.4 is 10.6 Å². The number of dihydropyridines is 1. The van der Waals surface area contributed by atoms with Crippen LogP contribution in [0, 0.1) is 0 Å². The zero-order valence-electron chi connectivity index (χ0n) is 7.89. The molecule has 1 aliphatic heterocycles. The minimum Gasteiger partial charge on any atom is -0.380 e. The molecule has 1 aliphatic carbocycles. The second-order valence-corrected chi connectivity index (χ2v) is 3.76. The fourth-order valence-electron chi connectivity index (χ4n) is 1.38. The molecule has 0 spiro atoms. The van der Waals surface area contributed by atoms with Gasteiger partial charge in [-0.15, -0.1) is 0 Å². The van der Waals surface area contributed by atoms with Gasteiger partial charge in [0.25, 0.3) is 6.43 Å². The average molecular weight is 200 g/mol. The SMILES string of the molecule is FC(F)C1=CC=C(CNC2CC2)CN1. The quantitative estimate of drug-likeness (QED) is 0.717. The number of hydrogen-bond acceptors (Lipinski definition) is 2. The fourth-order valence-corrected chi connectivity index (χ4v) is 1.38. The smallest absolute Gasteiger partial charge is 0.277 e. The van der Waals surface area contributed by atoms with Gasteiger partial charge >= 0.3 is 0 Å². The first-order valence-corrected chi connectivity index (χ1v) is 4.91. The van der Waals surface area contributed by atoms with E-state index in [2.05, 4.69) is 10.6 Å². The third-order valence-electron chi connectivity index (χ3n) is 2.45. The van der Waals surface area contributed by atoms with E-state index in [4.69, 9.17) is 0 Å². The first-order chi connectivity index (χ1) is 6.75. The predicted octanol–water partition coefficient (Wildman–Crippen LogP) is 1.42. The zero-order valence-corrected chi connectivity index (χ0v) is 7.89. The minimum absolute atomic E-state index is 0.0279. The molecule has 2 N–H and O–H groups in total. The molecule has 0 aromatic rings. The molecule has 1 heterocycles. The van der Waals surface area contributed by atoms with E-state index in [1.165, 1.54) is 18.9 Å². The van der Waals surface area contributed by atoms with Crippen molar-refractivity contribution in [1.82, 2.24) is 10.6 Å². The van der Waals surface area contributed by atoms with Gasteiger partial charge in [0.15, 0.2) is 0 Å². The highest BCUT2D eigenvalue weighted by Crippen LogP contribution is 2.19. The highest BCUT2D eigenvalue weighted by Gasteiger charge is 2.21. The number of allylic oxidation sites excluding steroid dienone is 3. The summed E-state index contributed by atoms with van der Waals surface area (Å²) in [5.41, 5.74) is 1.17. The maximum Gasteiger partial charge on any atom is 0.277 e. The maximum absolute atomic E-state index is 12.2. The first kappa shape index (κ1) is 9.65. The Labute approximate surface area is 82.1 Å². The van der Waals surface area contributed by atoms with Crippen LogP contribution in [0.4, 0.5) is 8.78 Å². The van der Waals surface area contributed by atoms with Crippen molar-refractivity contribution >= 4 is 0 Å². The number of alkyl halides is 2. The molecule has 0 unspecified atom stereocenters. The normalized spacial score (nSPS) is 21.6. The van der Waals surface area contributed by atoms with Crippen molar-refractivity contribution in [2.45, 2.75) is 25.3 Å². The van der Waals surface area contributed by atoms with Crippen molar-refractivity contribution in [2.75, 3.05) is 13.1 Å². The van der Waals surface area contributed by atoms with Gasteiger partial charge in [-0.25, -0.2) is 8.78 Å². The van der Waals surface area contributed by atoms with Gasteiger partial charge in [0, 0.05) is 19.1 Å². The largest absolute Gasteiger partial charge is 0.380 e. The second kappa shape index (κ2) is 4.09. The van der Waals surface area contributed by atoms with Gasteiger partial charge in [0.2, 0.25) is 0 Å². The Morgan fingerprint density at radius 3 is 2.71 bits per heavy atom. The lowest BCUT2D eigenvalue weighted by Crippen LogP contribution is -2.29. The number of nitrogens with one attached hydrogen (secondary N) is 2. The van der Waals surface area contributed by atoms with Gasteiger partial charge in [-0.3, -0.25) is 0 Å². The Bertz CT molecular complexity index is 267. The van der Waals surface area contributed by atoms with E-state index in [9.17, 15) is 8.78 Å². The first-order valence-electron chi connectivity index (χ1n) is 4.91. The van der Waals surface area contributed by atoms with Crippen molar-refractivity contribution in [1.29, 1.82) is 0 Å². The van der Waals surface area contributed by atoms with Crippen molar-refractivity contribution in [2.24, 2.45) is 0 Å². The monoisotopic (exact) mass is 200 g/mol. The average Bonchev–Trinajstić information content (AvgIpc) is 2.99. The van der Waals surface area contributed by atoms with Gasteiger partial charge in [0.05, 0.1) is 5.70 Å². The molecule has 2 nitrogen and oxygen atoms in total. The molecule has 2 rings (SSSR count). The van der Waals surface area contributed by atoms with E-state index in [0.717, 1.165) is 12.1 Å². The Balaban J connectivity index is 1.82. The van der Waals surface area contributed by atoms with Gasteiger partial charge in [0.1, 0.15) is 0 Å². The molecule has 0 aromatic carbocycles. The van der Waals surface area contributed by atoms with Crippen molar-refractivity contribution < 1.29 is 8.78 Å². The van der Waals surface area contributed by atoms with Crippen LogP contribution in [0.2, 0.25) is 0 Å². The Morgan fingerprint density at radius 1 is 1.43 bits per heavy atom. The highest BCUT2D eigenvalue weighted by molar-refractivity contribution is 5.25. The van der Waals surface area contributed by atoms with Crippen LogP contribution in [0.15, 0.2) is 23.4 Å². The molecular weight excluding hydrogens is 186 g/mol. The fraction of sp³-hybridized carbons (Fsp3) is 0.600. The third kappa shape index (κ3) is 2.54. The number of hydrogen-bond donors (Lipinski definition) is 2. The standard InChI is InChI=1S/C10H14F2N2/c11-10(12)9-4-1-7(6-14-9)5-13-8-2-3-8/h1,4,8,10,13-14H,2-3,5-6H2. The van der Waals surface area contributed by atoms with E-state index in [1.54, 1.807) is 6.08 Å². The van der Waals surface area contributed by atoms with Crippen molar-refractivity contribution in [3.63, 3.8) is 0 Å². The van der Waals surface area contributed by atoms with Crippen LogP contribution >= 0.6 is 0 Å². The van der Waals surface area contributed by atoms with Crippen LogP contribution in [-0.4, -0.2) is 25.6 Å². The summed E-state index contributed by atoms with van der Waals surface area (Å²) < 4.78 is 24.4. The summed E-state index contributed by atoms with van der Waals surface area (Å²) in [6, 6.07) is 0.663. The van der Waals surface area contributed by atoms with E-state index >= 15 is 0 Å². The van der Waals surface area contributed by atoms with Crippen LogP contribution in [0.25, 0.3) is 0 Å². The summed E-state index contributed by atoms with van der Waals surface area (Å²) in [7, 11) is 0. The molecular formula is C10H14F2N2. The molecule has 0 aromatic heterocycles. The van der Waals surface area contributed by atoms with Crippen LogP contribution in [0.5, 0.6) is 0 Å². The Hall–Kier alpha value is -0.900. The Kier molecular flexibility index (Phi) is 2.82. The van der Waals surface area contributed by atoms with E-state index in [-0.39, 0.29) is 5.70 Å². The molecule has 0 saturated heterocycles. The lowest BCUT2D eigenvalue weighted by Gasteiger charge is -2.17. The van der Waals surface area contributed by atoms with Gasteiger partial charge < -0.3 is 10.6 Å². The molecule has 0 atom stereocenters. The van der Waals surface area contributed by atoms with Gasteiger partial charge in [-0.05, 0) is 24.5 Å². The maximum atomic E-state index is 12.2. The molecule has 4 heteroatoms. The lowest BCUT2D eigenvalue weighted by molar-refractivity contribution is 0.180. The van der Waals surface area contributed by atoms with E-state index < -0.39 is 6.43 Å². The molecule has 78 valence electrons. The Morgan fingerprint density at radius 2 is 2.21 bits per heavy atom. The zero-order chi connectivity index (χ0) is 9.97. The molecule has 2 aliphatic rings. The summed E-state index contributed by atoms with van der Waals surface area (Å²) in [6.45, 7) is 1.35. The van der Waals surface area contributed by atoms with Crippen LogP contribution in [0.3, 0.4) is 0 Å². The molecule has 1 saturated carbocycles. The second-order valence-electron chi connectivity index (χ2n) is 3.76. The van der Waals surface area contributed by atoms with Crippen molar-refractivity contribution in [3.8, 4) is 0 Å². The van der Waals surface area contributed by atoms with Crippen LogP contribution in [-0.2, 0) is 0 Å². The van der Waals surface area contributed by atoms with E-state index in [0.29, 0.717) is 12.6 Å². The highest BCUT2D eigenvalue weighted by atomic mass is 19.3. The van der Waals surface area contributed by atoms with Crippen molar-refractivity contribution in [3.05, 3.63) is 23.4 Å². The van der Waals surface area contributed by atoms with Gasteiger partial charge in [-0.1, -0.05) is 6.08 Å². The molecule has 0 bridgehead atoms. The topological polar surface area (TPSA) is 24.1 Å². The molecule has 0 amide bonds. The van der Waals surface area contributed by atoms with Gasteiger partial charge in [-0.2, -0.15) is 0 Å². The summed E-state index contributed by atoms with van der Waals surface area (Å²) >= 11 is 0. The number of rotatable bonds is 4. The van der Waals surface area contributed by atoms with E-state index in [1.807, 2.05) is 0 Å². The predicted molar refractivity (Wildman–Crippen MR) is 51.2 cm³/mol. The molecule has 1 fully saturated rings. The minimum atomic E-state index is -2.39. The summed E-state index contributed by atoms with van der Waals surface area (Å²) in [5, 5.41) is 6.06. The third-order valence-corrected chi connectivity index (χ3v) is 2.45. The summed E-state index contributed by atoms with van der Waals surface area (Å²) in [6.07, 6.45) is 3.37. The lowest BCUT2D eigenvalue weighted by atomic mass is 10.1.